The van der Waals surface area contributed by atoms with Crippen molar-refractivity contribution in [3.05, 3.63) is 35.9 Å². The highest BCUT2D eigenvalue weighted by Gasteiger charge is 2.53. The first-order chi connectivity index (χ1) is 8.75. The smallest absolute Gasteiger partial charge is 0.320 e. The van der Waals surface area contributed by atoms with Crippen molar-refractivity contribution in [2.45, 2.75) is 25.0 Å². The molecule has 4 nitrogen and oxygen atoms in total. The van der Waals surface area contributed by atoms with Crippen LogP contribution in [0.2, 0.25) is 0 Å². The molecule has 0 N–H and O–H groups in total. The number of esters is 1. The Bertz CT molecular complexity index is 407. The molecule has 1 saturated heterocycles. The Labute approximate surface area is 107 Å². The van der Waals surface area contributed by atoms with Crippen LogP contribution in [0.25, 0.3) is 0 Å². The maximum absolute atomic E-state index is 12.4. The summed E-state index contributed by atoms with van der Waals surface area (Å²) in [5.74, 6) is -0.246. The van der Waals surface area contributed by atoms with E-state index >= 15 is 0 Å². The van der Waals surface area contributed by atoms with Crippen molar-refractivity contribution < 1.29 is 14.3 Å². The van der Waals surface area contributed by atoms with Crippen molar-refractivity contribution in [2.24, 2.45) is 0 Å². The van der Waals surface area contributed by atoms with Gasteiger partial charge in [-0.15, -0.1) is 0 Å². The van der Waals surface area contributed by atoms with Crippen LogP contribution in [0.5, 0.6) is 0 Å². The predicted molar refractivity (Wildman–Crippen MR) is 67.2 cm³/mol. The van der Waals surface area contributed by atoms with Crippen LogP contribution in [0.1, 0.15) is 18.9 Å². The second-order valence-electron chi connectivity index (χ2n) is 4.30. The van der Waals surface area contributed by atoms with Crippen LogP contribution < -0.4 is 5.32 Å². The Morgan fingerprint density at radius 2 is 2.17 bits per heavy atom. The molecule has 0 aromatic heterocycles. The molecular formula is C14H18NO3. The van der Waals surface area contributed by atoms with Gasteiger partial charge in [-0.05, 0) is 18.9 Å². The molecule has 2 rings (SSSR count). The fraction of sp³-hybridized carbons (Fsp3) is 0.500. The number of ether oxygens (including phenoxy) is 2. The van der Waals surface area contributed by atoms with E-state index in [4.69, 9.17) is 9.47 Å². The van der Waals surface area contributed by atoms with E-state index in [1.165, 1.54) is 0 Å². The summed E-state index contributed by atoms with van der Waals surface area (Å²) in [7, 11) is 1.58. The highest BCUT2D eigenvalue weighted by Crippen LogP contribution is 2.38. The Hall–Kier alpha value is -1.39. The van der Waals surface area contributed by atoms with Gasteiger partial charge in [0, 0.05) is 13.7 Å². The van der Waals surface area contributed by atoms with Crippen molar-refractivity contribution in [3.8, 4) is 0 Å². The predicted octanol–water partition coefficient (Wildman–Crippen LogP) is 1.47. The first-order valence-electron chi connectivity index (χ1n) is 6.18. The minimum atomic E-state index is -0.786. The lowest BCUT2D eigenvalue weighted by atomic mass is 9.78. The number of nitrogens with zero attached hydrogens (tertiary/aromatic N) is 1. The molecule has 0 saturated carbocycles. The maximum Gasteiger partial charge on any atom is 0.320 e. The number of carbonyl (C=O) groups is 1. The highest BCUT2D eigenvalue weighted by atomic mass is 16.5. The zero-order valence-electron chi connectivity index (χ0n) is 10.8. The van der Waals surface area contributed by atoms with Crippen molar-refractivity contribution in [1.82, 2.24) is 5.32 Å². The molecule has 97 valence electrons. The average molecular weight is 248 g/mol. The van der Waals surface area contributed by atoms with E-state index in [0.717, 1.165) is 5.56 Å². The number of methoxy groups -OCH3 is 1. The second-order valence-corrected chi connectivity index (χ2v) is 4.30. The fourth-order valence-electron chi connectivity index (χ4n) is 2.52. The van der Waals surface area contributed by atoms with Gasteiger partial charge in [-0.1, -0.05) is 30.3 Å². The highest BCUT2D eigenvalue weighted by molar-refractivity contribution is 5.84. The van der Waals surface area contributed by atoms with Crippen molar-refractivity contribution in [3.63, 3.8) is 0 Å². The molecule has 18 heavy (non-hydrogen) atoms. The van der Waals surface area contributed by atoms with E-state index in [1.807, 2.05) is 37.3 Å². The molecule has 1 aromatic rings. The van der Waals surface area contributed by atoms with Gasteiger partial charge < -0.3 is 9.47 Å². The number of carbonyl (C=O) groups excluding carboxylic acids is 1. The first kappa shape index (κ1) is 13.1. The quantitative estimate of drug-likeness (QED) is 0.758. The third-order valence-corrected chi connectivity index (χ3v) is 3.37. The van der Waals surface area contributed by atoms with E-state index in [1.54, 1.807) is 7.11 Å². The summed E-state index contributed by atoms with van der Waals surface area (Å²) in [6, 6.07) is 9.63. The standard InChI is InChI=1S/C14H18NO3/c1-3-18-13(16)14(9-10-15-12(14)17-2)11-7-5-4-6-8-11/h4-8,12H,3,9-10H2,1-2H3. The van der Waals surface area contributed by atoms with Gasteiger partial charge in [0.15, 0.2) is 0 Å². The van der Waals surface area contributed by atoms with E-state index in [-0.39, 0.29) is 5.97 Å². The average Bonchev–Trinajstić information content (AvgIpc) is 2.85. The van der Waals surface area contributed by atoms with Crippen LogP contribution >= 0.6 is 0 Å². The van der Waals surface area contributed by atoms with Crippen LogP contribution in [-0.4, -0.2) is 32.5 Å². The lowest BCUT2D eigenvalue weighted by Crippen LogP contribution is -2.47. The van der Waals surface area contributed by atoms with Crippen LogP contribution in [0, 0.1) is 0 Å². The van der Waals surface area contributed by atoms with Crippen LogP contribution in [0.4, 0.5) is 0 Å². The summed E-state index contributed by atoms with van der Waals surface area (Å²) < 4.78 is 10.6. The topological polar surface area (TPSA) is 49.6 Å². The number of benzene rings is 1. The van der Waals surface area contributed by atoms with Crippen LogP contribution in [-0.2, 0) is 19.7 Å². The molecule has 0 spiro atoms. The maximum atomic E-state index is 12.4. The van der Waals surface area contributed by atoms with Crippen molar-refractivity contribution in [1.29, 1.82) is 0 Å². The molecule has 1 aliphatic rings. The van der Waals surface area contributed by atoms with Gasteiger partial charge in [0.2, 0.25) is 0 Å². The van der Waals surface area contributed by atoms with E-state index in [2.05, 4.69) is 5.32 Å². The summed E-state index contributed by atoms with van der Waals surface area (Å²) >= 11 is 0. The van der Waals surface area contributed by atoms with Gasteiger partial charge in [-0.2, -0.15) is 0 Å². The molecule has 1 aliphatic heterocycles. The third kappa shape index (κ3) is 2.02. The normalized spacial score (nSPS) is 27.1. The fourth-order valence-corrected chi connectivity index (χ4v) is 2.52. The number of hydrogen-bond acceptors (Lipinski definition) is 3. The summed E-state index contributed by atoms with van der Waals surface area (Å²) in [5.41, 5.74) is 0.128. The lowest BCUT2D eigenvalue weighted by molar-refractivity contribution is -0.155. The zero-order chi connectivity index (χ0) is 13.0. The Morgan fingerprint density at radius 1 is 1.44 bits per heavy atom. The lowest BCUT2D eigenvalue weighted by Gasteiger charge is -2.31. The minimum absolute atomic E-state index is 0.246. The summed E-state index contributed by atoms with van der Waals surface area (Å²) in [4.78, 5) is 12.4. The van der Waals surface area contributed by atoms with Gasteiger partial charge in [0.1, 0.15) is 11.6 Å². The van der Waals surface area contributed by atoms with Gasteiger partial charge in [-0.3, -0.25) is 4.79 Å². The summed E-state index contributed by atoms with van der Waals surface area (Å²) in [6.45, 7) is 2.79. The van der Waals surface area contributed by atoms with Crippen molar-refractivity contribution in [2.75, 3.05) is 20.3 Å². The molecule has 1 fully saturated rings. The zero-order valence-corrected chi connectivity index (χ0v) is 10.8. The van der Waals surface area contributed by atoms with Gasteiger partial charge >= 0.3 is 5.97 Å². The van der Waals surface area contributed by atoms with E-state index in [9.17, 15) is 4.79 Å². The molecule has 0 amide bonds. The molecule has 0 bridgehead atoms. The second kappa shape index (κ2) is 5.50. The summed E-state index contributed by atoms with van der Waals surface area (Å²) in [5, 5.41) is 4.36. The molecule has 2 atom stereocenters. The Morgan fingerprint density at radius 3 is 2.78 bits per heavy atom. The Balaban J connectivity index is 2.43. The summed E-state index contributed by atoms with van der Waals surface area (Å²) in [6.07, 6.45) is 0.174. The van der Waals surface area contributed by atoms with Gasteiger partial charge in [-0.25, -0.2) is 5.32 Å². The molecule has 4 heteroatoms. The third-order valence-electron chi connectivity index (χ3n) is 3.37. The van der Waals surface area contributed by atoms with E-state index < -0.39 is 11.6 Å². The molecule has 1 aromatic carbocycles. The minimum Gasteiger partial charge on any atom is -0.465 e. The number of hydrogen-bond donors (Lipinski definition) is 0. The van der Waals surface area contributed by atoms with Crippen LogP contribution in [0.15, 0.2) is 30.3 Å². The van der Waals surface area contributed by atoms with Gasteiger partial charge in [0.05, 0.1) is 6.61 Å². The SMILES string of the molecule is CCOC(=O)C1(c2ccccc2)CC[N]C1OC. The molecule has 2 unspecified atom stereocenters. The molecule has 0 aliphatic carbocycles. The number of rotatable bonds is 4. The van der Waals surface area contributed by atoms with Gasteiger partial charge in [0.25, 0.3) is 0 Å². The van der Waals surface area contributed by atoms with Crippen LogP contribution in [0.3, 0.4) is 0 Å². The largest absolute Gasteiger partial charge is 0.465 e. The molecule has 1 radical (unpaired) electrons. The van der Waals surface area contributed by atoms with E-state index in [0.29, 0.717) is 19.6 Å². The Kier molecular flexibility index (Phi) is 3.99. The molecular weight excluding hydrogens is 230 g/mol. The molecule has 1 heterocycles. The monoisotopic (exact) mass is 248 g/mol. The first-order valence-corrected chi connectivity index (χ1v) is 6.18. The van der Waals surface area contributed by atoms with Crippen molar-refractivity contribution >= 4 is 5.97 Å².